The third-order valence-corrected chi connectivity index (χ3v) is 4.76. The van der Waals surface area contributed by atoms with Gasteiger partial charge in [0, 0.05) is 24.9 Å². The highest BCUT2D eigenvalue weighted by atomic mass is 19.1. The minimum absolute atomic E-state index is 0.0640. The number of hydrogen-bond acceptors (Lipinski definition) is 6. The lowest BCUT2D eigenvalue weighted by Gasteiger charge is -2.45. The lowest BCUT2D eigenvalue weighted by atomic mass is 9.94. The van der Waals surface area contributed by atoms with Crippen LogP contribution in [0, 0.1) is 24.1 Å². The van der Waals surface area contributed by atoms with Crippen LogP contribution >= 0.6 is 0 Å². The largest absolute Gasteiger partial charge is 0.443 e. The monoisotopic (exact) mass is 389 g/mol. The number of amides is 1. The fourth-order valence-electron chi connectivity index (χ4n) is 3.37. The van der Waals surface area contributed by atoms with Crippen LogP contribution in [0.3, 0.4) is 0 Å². The lowest BCUT2D eigenvalue weighted by Crippen LogP contribution is -2.53. The standard InChI is InChI=1S/C20H24FN3O4/c1-13-15(9-22)17(21)6-5-16(13)20(26)12-24-8-7-23(10-14(24)11-27-20)18(25)28-19(2,3)4/h5-6,10,26H,7-8,11-12H2,1-4H3. The summed E-state index contributed by atoms with van der Waals surface area (Å²) in [6.07, 6.45) is 1.23. The van der Waals surface area contributed by atoms with Gasteiger partial charge in [0.1, 0.15) is 17.5 Å². The van der Waals surface area contributed by atoms with Crippen LogP contribution < -0.4 is 0 Å². The summed E-state index contributed by atoms with van der Waals surface area (Å²) in [5.74, 6) is -2.30. The maximum atomic E-state index is 13.8. The zero-order chi connectivity index (χ0) is 20.7. The van der Waals surface area contributed by atoms with Gasteiger partial charge in [-0.3, -0.25) is 4.90 Å². The van der Waals surface area contributed by atoms with E-state index in [9.17, 15) is 19.6 Å². The normalized spacial score (nSPS) is 22.2. The average Bonchev–Trinajstić information content (AvgIpc) is 2.60. The Labute approximate surface area is 163 Å². The van der Waals surface area contributed by atoms with E-state index in [4.69, 9.17) is 9.47 Å². The van der Waals surface area contributed by atoms with Crippen LogP contribution in [0.25, 0.3) is 0 Å². The number of nitriles is 1. The van der Waals surface area contributed by atoms with Crippen molar-refractivity contribution in [1.29, 1.82) is 5.26 Å². The number of rotatable bonds is 1. The van der Waals surface area contributed by atoms with Crippen molar-refractivity contribution in [2.24, 2.45) is 0 Å². The lowest BCUT2D eigenvalue weighted by molar-refractivity contribution is -0.237. The van der Waals surface area contributed by atoms with Gasteiger partial charge in [-0.15, -0.1) is 0 Å². The molecule has 2 aliphatic heterocycles. The quantitative estimate of drug-likeness (QED) is 0.795. The summed E-state index contributed by atoms with van der Waals surface area (Å²) < 4.78 is 24.9. The maximum absolute atomic E-state index is 13.8. The van der Waals surface area contributed by atoms with Crippen molar-refractivity contribution >= 4 is 6.09 Å². The van der Waals surface area contributed by atoms with Crippen LogP contribution in [0.15, 0.2) is 24.0 Å². The van der Waals surface area contributed by atoms with Crippen molar-refractivity contribution in [3.63, 3.8) is 0 Å². The van der Waals surface area contributed by atoms with Crippen LogP contribution in [-0.2, 0) is 15.3 Å². The Morgan fingerprint density at radius 3 is 2.75 bits per heavy atom. The van der Waals surface area contributed by atoms with E-state index < -0.39 is 23.3 Å². The van der Waals surface area contributed by atoms with E-state index in [1.165, 1.54) is 11.0 Å². The molecule has 0 radical (unpaired) electrons. The first-order chi connectivity index (χ1) is 13.0. The molecule has 1 N–H and O–H groups in total. The van der Waals surface area contributed by atoms with Gasteiger partial charge in [0.25, 0.3) is 0 Å². The highest BCUT2D eigenvalue weighted by Crippen LogP contribution is 2.35. The minimum Gasteiger partial charge on any atom is -0.443 e. The Morgan fingerprint density at radius 2 is 2.11 bits per heavy atom. The molecule has 28 heavy (non-hydrogen) atoms. The smallest absolute Gasteiger partial charge is 0.414 e. The Bertz CT molecular complexity index is 871. The van der Waals surface area contributed by atoms with Gasteiger partial charge in [-0.1, -0.05) is 6.07 Å². The molecule has 0 aromatic heterocycles. The summed E-state index contributed by atoms with van der Waals surface area (Å²) in [7, 11) is 0. The molecule has 1 aromatic carbocycles. The second-order valence-corrected chi connectivity index (χ2v) is 8.00. The van der Waals surface area contributed by atoms with Gasteiger partial charge < -0.3 is 19.5 Å². The highest BCUT2D eigenvalue weighted by Gasteiger charge is 2.41. The van der Waals surface area contributed by atoms with E-state index in [0.29, 0.717) is 24.2 Å². The number of fused-ring (bicyclic) bond motifs is 1. The van der Waals surface area contributed by atoms with Gasteiger partial charge in [-0.2, -0.15) is 5.26 Å². The number of carbonyl (C=O) groups excluding carboxylic acids is 1. The van der Waals surface area contributed by atoms with Crippen molar-refractivity contribution in [1.82, 2.24) is 9.80 Å². The minimum atomic E-state index is -1.67. The third kappa shape index (κ3) is 3.81. The van der Waals surface area contributed by atoms with Crippen molar-refractivity contribution in [3.8, 4) is 6.07 Å². The van der Waals surface area contributed by atoms with Crippen molar-refractivity contribution < 1.29 is 23.8 Å². The molecule has 7 nitrogen and oxygen atoms in total. The molecule has 0 aliphatic carbocycles. The number of halogens is 1. The Kier molecular flexibility index (Phi) is 5.08. The van der Waals surface area contributed by atoms with Crippen molar-refractivity contribution in [3.05, 3.63) is 46.5 Å². The predicted octanol–water partition coefficient (Wildman–Crippen LogP) is 2.58. The molecular weight excluding hydrogens is 365 g/mol. The van der Waals surface area contributed by atoms with Crippen LogP contribution in [-0.4, -0.2) is 52.8 Å². The molecule has 1 aromatic rings. The molecule has 2 heterocycles. The first kappa shape index (κ1) is 20.1. The van der Waals surface area contributed by atoms with Gasteiger partial charge in [-0.05, 0) is 39.3 Å². The van der Waals surface area contributed by atoms with Crippen LogP contribution in [0.5, 0.6) is 0 Å². The van der Waals surface area contributed by atoms with Crippen LogP contribution in [0.1, 0.15) is 37.5 Å². The number of morpholine rings is 1. The second-order valence-electron chi connectivity index (χ2n) is 8.00. The van der Waals surface area contributed by atoms with E-state index in [2.05, 4.69) is 0 Å². The second kappa shape index (κ2) is 7.08. The van der Waals surface area contributed by atoms with E-state index in [1.54, 1.807) is 33.9 Å². The Hall–Kier alpha value is -2.63. The molecule has 1 unspecified atom stereocenters. The zero-order valence-corrected chi connectivity index (χ0v) is 16.5. The molecule has 1 amide bonds. The molecular formula is C20H24FN3O4. The average molecular weight is 389 g/mol. The molecule has 0 bridgehead atoms. The number of aliphatic hydroxyl groups is 1. The fourth-order valence-corrected chi connectivity index (χ4v) is 3.37. The van der Waals surface area contributed by atoms with E-state index in [-0.39, 0.29) is 18.7 Å². The molecule has 0 saturated carbocycles. The van der Waals surface area contributed by atoms with E-state index in [1.807, 2.05) is 11.0 Å². The number of ether oxygens (including phenoxy) is 2. The number of benzene rings is 1. The van der Waals surface area contributed by atoms with Gasteiger partial charge in [-0.25, -0.2) is 9.18 Å². The number of nitrogens with zero attached hydrogens (tertiary/aromatic N) is 3. The first-order valence-corrected chi connectivity index (χ1v) is 9.05. The van der Waals surface area contributed by atoms with Gasteiger partial charge >= 0.3 is 6.09 Å². The summed E-state index contributed by atoms with van der Waals surface area (Å²) in [4.78, 5) is 15.7. The zero-order valence-electron chi connectivity index (χ0n) is 16.5. The first-order valence-electron chi connectivity index (χ1n) is 9.05. The molecule has 8 heteroatoms. The predicted molar refractivity (Wildman–Crippen MR) is 98.3 cm³/mol. The SMILES string of the molecule is Cc1c(C2(O)CN3CCN(C(=O)OC(C)(C)C)C=C3CO2)ccc(F)c1C#N. The molecule has 1 atom stereocenters. The molecule has 1 saturated heterocycles. The summed E-state index contributed by atoms with van der Waals surface area (Å²) >= 11 is 0. The summed E-state index contributed by atoms with van der Waals surface area (Å²) in [5.41, 5.74) is 0.755. The molecule has 2 aliphatic rings. The fraction of sp³-hybridized carbons (Fsp3) is 0.500. The maximum Gasteiger partial charge on any atom is 0.414 e. The molecule has 1 fully saturated rings. The summed E-state index contributed by atoms with van der Waals surface area (Å²) in [6, 6.07) is 4.43. The Morgan fingerprint density at radius 1 is 1.39 bits per heavy atom. The molecule has 3 rings (SSSR count). The summed E-state index contributed by atoms with van der Waals surface area (Å²) in [6.45, 7) is 8.06. The topological polar surface area (TPSA) is 86.0 Å². The van der Waals surface area contributed by atoms with Crippen LogP contribution in [0.4, 0.5) is 9.18 Å². The summed E-state index contributed by atoms with van der Waals surface area (Å²) in [5, 5.41) is 20.2. The third-order valence-electron chi connectivity index (χ3n) is 4.76. The highest BCUT2D eigenvalue weighted by molar-refractivity contribution is 5.69. The van der Waals surface area contributed by atoms with Crippen molar-refractivity contribution in [2.45, 2.75) is 39.1 Å². The Balaban J connectivity index is 1.81. The van der Waals surface area contributed by atoms with Gasteiger partial charge in [0.15, 0.2) is 0 Å². The number of carbonyl (C=O) groups is 1. The molecule has 150 valence electrons. The van der Waals surface area contributed by atoms with E-state index >= 15 is 0 Å². The van der Waals surface area contributed by atoms with E-state index in [0.717, 1.165) is 11.8 Å². The van der Waals surface area contributed by atoms with Crippen LogP contribution in [0.2, 0.25) is 0 Å². The van der Waals surface area contributed by atoms with Crippen molar-refractivity contribution in [2.75, 3.05) is 26.2 Å². The number of hydrogen-bond donors (Lipinski definition) is 1. The van der Waals surface area contributed by atoms with Gasteiger partial charge in [0.2, 0.25) is 5.79 Å². The molecule has 0 spiro atoms. The van der Waals surface area contributed by atoms with Gasteiger partial charge in [0.05, 0.1) is 24.4 Å².